The second-order valence-corrected chi connectivity index (χ2v) is 12.8. The Morgan fingerprint density at radius 3 is 2.24 bits per heavy atom. The molecule has 226 valence electrons. The van der Waals surface area contributed by atoms with Gasteiger partial charge < -0.3 is 10.2 Å². The van der Waals surface area contributed by atoms with Crippen molar-refractivity contribution in [1.29, 1.82) is 0 Å². The van der Waals surface area contributed by atoms with E-state index in [-0.39, 0.29) is 55.8 Å². The first-order chi connectivity index (χ1) is 19.9. The largest absolute Gasteiger partial charge is 0.354 e. The molecule has 0 bridgehead atoms. The van der Waals surface area contributed by atoms with Crippen molar-refractivity contribution in [3.05, 3.63) is 101 Å². The molecule has 1 atom stereocenters. The highest BCUT2D eigenvalue weighted by atomic mass is 35.5. The summed E-state index contributed by atoms with van der Waals surface area (Å²) in [5, 5.41) is 3.39. The van der Waals surface area contributed by atoms with E-state index < -0.39 is 27.7 Å². The second kappa shape index (κ2) is 15.1. The summed E-state index contributed by atoms with van der Waals surface area (Å²) in [6.07, 6.45) is 1.17. The van der Waals surface area contributed by atoms with Crippen molar-refractivity contribution in [3.63, 3.8) is 0 Å². The summed E-state index contributed by atoms with van der Waals surface area (Å²) in [4.78, 5) is 28.8. The Hall–Kier alpha value is -3.50. The Morgan fingerprint density at radius 2 is 1.62 bits per heavy atom. The van der Waals surface area contributed by atoms with Gasteiger partial charge >= 0.3 is 0 Å². The van der Waals surface area contributed by atoms with Crippen LogP contribution < -0.4 is 9.62 Å². The summed E-state index contributed by atoms with van der Waals surface area (Å²) in [5.74, 6) is -2.78. The lowest BCUT2D eigenvalue weighted by molar-refractivity contribution is -0.141. The molecule has 7 nitrogen and oxygen atoms in total. The standard InChI is InChI=1S/C31H36ClF2N3O4S/c1-22(2)20-35-31(39)29(18-23-10-5-4-6-11-23)36(21-24-12-7-8-13-26(24)32)30(38)14-9-17-37(42(3,40)41)25-15-16-27(33)28(34)19-25/h4-8,10-13,15-16,19,22,29H,9,14,17-18,20-21H2,1-3H3,(H,35,39). The number of halogens is 3. The Bertz CT molecular complexity index is 1470. The van der Waals surface area contributed by atoms with E-state index in [4.69, 9.17) is 11.6 Å². The molecule has 3 aromatic carbocycles. The molecule has 0 heterocycles. The molecule has 0 spiro atoms. The predicted octanol–water partition coefficient (Wildman–Crippen LogP) is 5.58. The van der Waals surface area contributed by atoms with Crippen molar-refractivity contribution < 1.29 is 26.8 Å². The summed E-state index contributed by atoms with van der Waals surface area (Å²) in [6, 6.07) is 18.3. The van der Waals surface area contributed by atoms with Crippen LogP contribution in [0.2, 0.25) is 5.02 Å². The van der Waals surface area contributed by atoms with Crippen molar-refractivity contribution in [2.75, 3.05) is 23.7 Å². The molecule has 0 aliphatic rings. The van der Waals surface area contributed by atoms with Crippen LogP contribution in [0.15, 0.2) is 72.8 Å². The molecule has 11 heteroatoms. The number of benzene rings is 3. The van der Waals surface area contributed by atoms with Crippen LogP contribution in [0.1, 0.15) is 37.8 Å². The van der Waals surface area contributed by atoms with Crippen LogP contribution >= 0.6 is 11.6 Å². The first-order valence-corrected chi connectivity index (χ1v) is 15.9. The lowest BCUT2D eigenvalue weighted by Crippen LogP contribution is -2.51. The van der Waals surface area contributed by atoms with Gasteiger partial charge in [-0.25, -0.2) is 17.2 Å². The SMILES string of the molecule is CC(C)CNC(=O)C(Cc1ccccc1)N(Cc1ccccc1Cl)C(=O)CCCN(c1ccc(F)c(F)c1)S(C)(=O)=O. The third-order valence-corrected chi connectivity index (χ3v) is 8.16. The normalized spacial score (nSPS) is 12.2. The minimum atomic E-state index is -3.87. The van der Waals surface area contributed by atoms with E-state index >= 15 is 0 Å². The van der Waals surface area contributed by atoms with Gasteiger partial charge in [-0.2, -0.15) is 0 Å². The monoisotopic (exact) mass is 619 g/mol. The molecule has 1 unspecified atom stereocenters. The third kappa shape index (κ3) is 9.52. The van der Waals surface area contributed by atoms with E-state index in [9.17, 15) is 26.8 Å². The van der Waals surface area contributed by atoms with Crippen LogP contribution in [0.4, 0.5) is 14.5 Å². The molecule has 0 aromatic heterocycles. The fourth-order valence-corrected chi connectivity index (χ4v) is 5.58. The van der Waals surface area contributed by atoms with E-state index in [1.807, 2.05) is 44.2 Å². The minimum Gasteiger partial charge on any atom is -0.354 e. The van der Waals surface area contributed by atoms with Gasteiger partial charge in [-0.05, 0) is 41.7 Å². The molecule has 3 rings (SSSR count). The van der Waals surface area contributed by atoms with E-state index in [0.717, 1.165) is 28.3 Å². The number of nitrogens with zero attached hydrogens (tertiary/aromatic N) is 2. The van der Waals surface area contributed by atoms with Crippen molar-refractivity contribution in [2.24, 2.45) is 5.92 Å². The average Bonchev–Trinajstić information content (AvgIpc) is 2.94. The number of hydrogen-bond acceptors (Lipinski definition) is 4. The van der Waals surface area contributed by atoms with Gasteiger partial charge in [-0.3, -0.25) is 13.9 Å². The van der Waals surface area contributed by atoms with Crippen molar-refractivity contribution in [1.82, 2.24) is 10.2 Å². The highest BCUT2D eigenvalue weighted by molar-refractivity contribution is 7.92. The van der Waals surface area contributed by atoms with Crippen molar-refractivity contribution >= 4 is 39.1 Å². The van der Waals surface area contributed by atoms with Crippen LogP contribution in [-0.2, 0) is 32.6 Å². The summed E-state index contributed by atoms with van der Waals surface area (Å²) in [5.41, 5.74) is 1.47. The quantitative estimate of drug-likeness (QED) is 0.255. The number of rotatable bonds is 14. The fraction of sp³-hybridized carbons (Fsp3) is 0.355. The van der Waals surface area contributed by atoms with Crippen LogP contribution in [0.5, 0.6) is 0 Å². The summed E-state index contributed by atoms with van der Waals surface area (Å²) in [7, 11) is -3.87. The predicted molar refractivity (Wildman–Crippen MR) is 162 cm³/mol. The molecule has 3 aromatic rings. The topological polar surface area (TPSA) is 86.8 Å². The Kier molecular flexibility index (Phi) is 11.9. The zero-order chi connectivity index (χ0) is 30.9. The molecule has 0 saturated heterocycles. The highest BCUT2D eigenvalue weighted by Crippen LogP contribution is 2.24. The third-order valence-electron chi connectivity index (χ3n) is 6.60. The number of carbonyl (C=O) groups excluding carboxylic acids is 2. The van der Waals surface area contributed by atoms with Crippen molar-refractivity contribution in [3.8, 4) is 0 Å². The van der Waals surface area contributed by atoms with Crippen molar-refractivity contribution in [2.45, 2.75) is 45.7 Å². The van der Waals surface area contributed by atoms with Gasteiger partial charge in [-0.15, -0.1) is 0 Å². The van der Waals surface area contributed by atoms with E-state index in [1.54, 1.807) is 24.3 Å². The molecule has 0 radical (unpaired) electrons. The molecule has 42 heavy (non-hydrogen) atoms. The van der Waals surface area contributed by atoms with Gasteiger partial charge in [-0.1, -0.05) is 74.0 Å². The number of amides is 2. The molecular weight excluding hydrogens is 584 g/mol. The summed E-state index contributed by atoms with van der Waals surface area (Å²) >= 11 is 6.44. The summed E-state index contributed by atoms with van der Waals surface area (Å²) < 4.78 is 53.3. The molecule has 1 N–H and O–H groups in total. The second-order valence-electron chi connectivity index (χ2n) is 10.5. The highest BCUT2D eigenvalue weighted by Gasteiger charge is 2.31. The van der Waals surface area contributed by atoms with Gasteiger partial charge in [0.05, 0.1) is 11.9 Å². The molecular formula is C31H36ClF2N3O4S. The first kappa shape index (κ1) is 33.0. The average molecular weight is 620 g/mol. The molecule has 0 aliphatic heterocycles. The smallest absolute Gasteiger partial charge is 0.243 e. The zero-order valence-electron chi connectivity index (χ0n) is 23.9. The number of nitrogens with one attached hydrogen (secondary N) is 1. The lowest BCUT2D eigenvalue weighted by atomic mass is 10.0. The maximum atomic E-state index is 13.9. The van der Waals surface area contributed by atoms with Gasteiger partial charge in [0.25, 0.3) is 0 Å². The molecule has 2 amide bonds. The van der Waals surface area contributed by atoms with E-state index in [2.05, 4.69) is 5.32 Å². The lowest BCUT2D eigenvalue weighted by Gasteiger charge is -2.32. The fourth-order valence-electron chi connectivity index (χ4n) is 4.43. The van der Waals surface area contributed by atoms with E-state index in [0.29, 0.717) is 17.1 Å². The minimum absolute atomic E-state index is 0.0493. The van der Waals surface area contributed by atoms with E-state index in [1.165, 1.54) is 11.0 Å². The Balaban J connectivity index is 1.89. The van der Waals surface area contributed by atoms with Crippen LogP contribution in [0.25, 0.3) is 0 Å². The number of carbonyl (C=O) groups is 2. The van der Waals surface area contributed by atoms with Gasteiger partial charge in [0, 0.05) is 43.6 Å². The Morgan fingerprint density at radius 1 is 0.952 bits per heavy atom. The first-order valence-electron chi connectivity index (χ1n) is 13.6. The van der Waals surface area contributed by atoms with Crippen LogP contribution in [-0.4, -0.2) is 50.5 Å². The van der Waals surface area contributed by atoms with Gasteiger partial charge in [0.15, 0.2) is 11.6 Å². The van der Waals surface area contributed by atoms with Gasteiger partial charge in [0.2, 0.25) is 21.8 Å². The van der Waals surface area contributed by atoms with Crippen LogP contribution in [0.3, 0.4) is 0 Å². The Labute approximate surface area is 251 Å². The molecule has 0 aliphatic carbocycles. The number of anilines is 1. The van der Waals surface area contributed by atoms with Gasteiger partial charge in [0.1, 0.15) is 6.04 Å². The number of hydrogen-bond donors (Lipinski definition) is 1. The maximum Gasteiger partial charge on any atom is 0.243 e. The molecule has 0 saturated carbocycles. The number of sulfonamides is 1. The maximum absolute atomic E-state index is 13.9. The van der Waals surface area contributed by atoms with Crippen LogP contribution in [0, 0.1) is 17.6 Å². The summed E-state index contributed by atoms with van der Waals surface area (Å²) in [6.45, 7) is 4.28. The molecule has 0 fully saturated rings. The zero-order valence-corrected chi connectivity index (χ0v) is 25.5.